The van der Waals surface area contributed by atoms with E-state index in [2.05, 4.69) is 86.7 Å². The SMILES string of the molecule is C/C=C\C(=C(/C)c1ccccc1)c1ccccc1.CC.CC. The second-order valence-corrected chi connectivity index (χ2v) is 4.27. The number of hydrogen-bond acceptors (Lipinski definition) is 0. The minimum Gasteiger partial charge on any atom is -0.0870 e. The van der Waals surface area contributed by atoms with Crippen LogP contribution in [0.25, 0.3) is 11.1 Å². The molecule has 0 unspecified atom stereocenters. The summed E-state index contributed by atoms with van der Waals surface area (Å²) in [6.07, 6.45) is 4.27. The van der Waals surface area contributed by atoms with E-state index in [1.165, 1.54) is 22.3 Å². The maximum atomic E-state index is 2.18. The Morgan fingerprint density at radius 1 is 0.682 bits per heavy atom. The Bertz CT molecular complexity index is 545. The summed E-state index contributed by atoms with van der Waals surface area (Å²) in [4.78, 5) is 0. The van der Waals surface area contributed by atoms with Crippen molar-refractivity contribution in [3.63, 3.8) is 0 Å². The summed E-state index contributed by atoms with van der Waals surface area (Å²) in [5, 5.41) is 0. The Morgan fingerprint density at radius 2 is 1.09 bits per heavy atom. The van der Waals surface area contributed by atoms with Crippen molar-refractivity contribution in [2.24, 2.45) is 0 Å². The zero-order chi connectivity index (χ0) is 16.8. The van der Waals surface area contributed by atoms with Gasteiger partial charge in [0.1, 0.15) is 0 Å². The Hall–Kier alpha value is -2.08. The highest BCUT2D eigenvalue weighted by Gasteiger charge is 2.04. The topological polar surface area (TPSA) is 0 Å². The van der Waals surface area contributed by atoms with E-state index in [1.54, 1.807) is 0 Å². The van der Waals surface area contributed by atoms with Gasteiger partial charge in [0.05, 0.1) is 0 Å². The van der Waals surface area contributed by atoms with Gasteiger partial charge < -0.3 is 0 Å². The van der Waals surface area contributed by atoms with Crippen molar-refractivity contribution in [1.29, 1.82) is 0 Å². The summed E-state index contributed by atoms with van der Waals surface area (Å²) in [6.45, 7) is 12.2. The predicted molar refractivity (Wildman–Crippen MR) is 103 cm³/mol. The summed E-state index contributed by atoms with van der Waals surface area (Å²) in [5.74, 6) is 0. The van der Waals surface area contributed by atoms with Crippen LogP contribution in [0.2, 0.25) is 0 Å². The third-order valence-electron chi connectivity index (χ3n) is 3.03. The van der Waals surface area contributed by atoms with Crippen molar-refractivity contribution in [3.8, 4) is 0 Å². The largest absolute Gasteiger partial charge is 0.0870 e. The molecule has 118 valence electrons. The van der Waals surface area contributed by atoms with Crippen LogP contribution in [0, 0.1) is 0 Å². The molecule has 0 heteroatoms. The van der Waals surface area contributed by atoms with Crippen LogP contribution in [0.15, 0.2) is 72.8 Å². The molecule has 0 saturated heterocycles. The van der Waals surface area contributed by atoms with Gasteiger partial charge in [-0.2, -0.15) is 0 Å². The molecule has 0 atom stereocenters. The van der Waals surface area contributed by atoms with Gasteiger partial charge in [0.25, 0.3) is 0 Å². The summed E-state index contributed by atoms with van der Waals surface area (Å²) >= 11 is 0. The van der Waals surface area contributed by atoms with Crippen LogP contribution in [0.1, 0.15) is 52.7 Å². The van der Waals surface area contributed by atoms with E-state index in [1.807, 2.05) is 27.7 Å². The van der Waals surface area contributed by atoms with E-state index in [-0.39, 0.29) is 0 Å². The molecule has 0 amide bonds. The molecule has 0 aliphatic rings. The van der Waals surface area contributed by atoms with Crippen LogP contribution < -0.4 is 0 Å². The quantitative estimate of drug-likeness (QED) is 0.413. The molecule has 0 bridgehead atoms. The second kappa shape index (κ2) is 12.6. The molecule has 0 aliphatic heterocycles. The molecule has 0 saturated carbocycles. The Kier molecular flexibility index (Phi) is 11.4. The summed E-state index contributed by atoms with van der Waals surface area (Å²) in [7, 11) is 0. The third-order valence-corrected chi connectivity index (χ3v) is 3.03. The molecule has 0 aliphatic carbocycles. The summed E-state index contributed by atoms with van der Waals surface area (Å²) < 4.78 is 0. The lowest BCUT2D eigenvalue weighted by Crippen LogP contribution is -1.87. The summed E-state index contributed by atoms with van der Waals surface area (Å²) in [5.41, 5.74) is 5.12. The van der Waals surface area contributed by atoms with Crippen molar-refractivity contribution in [3.05, 3.63) is 83.9 Å². The average Bonchev–Trinajstić information content (AvgIpc) is 2.64. The van der Waals surface area contributed by atoms with Crippen LogP contribution >= 0.6 is 0 Å². The van der Waals surface area contributed by atoms with Crippen LogP contribution in [-0.4, -0.2) is 0 Å². The first-order chi connectivity index (χ1) is 10.8. The van der Waals surface area contributed by atoms with Crippen LogP contribution in [-0.2, 0) is 0 Å². The molecule has 2 aromatic rings. The molecule has 0 spiro atoms. The van der Waals surface area contributed by atoms with Gasteiger partial charge in [-0.05, 0) is 36.1 Å². The van der Waals surface area contributed by atoms with Gasteiger partial charge in [0, 0.05) is 0 Å². The number of hydrogen-bond donors (Lipinski definition) is 0. The molecule has 0 N–H and O–H groups in total. The molecule has 2 rings (SSSR count). The zero-order valence-corrected chi connectivity index (χ0v) is 14.9. The lowest BCUT2D eigenvalue weighted by atomic mass is 9.95. The van der Waals surface area contributed by atoms with Gasteiger partial charge in [-0.15, -0.1) is 0 Å². The van der Waals surface area contributed by atoms with E-state index >= 15 is 0 Å². The number of allylic oxidation sites excluding steroid dienone is 4. The second-order valence-electron chi connectivity index (χ2n) is 4.27. The van der Waals surface area contributed by atoms with Gasteiger partial charge >= 0.3 is 0 Å². The fourth-order valence-electron chi connectivity index (χ4n) is 2.07. The molecule has 2 aromatic carbocycles. The number of rotatable bonds is 3. The first-order valence-corrected chi connectivity index (χ1v) is 8.27. The van der Waals surface area contributed by atoms with Crippen molar-refractivity contribution in [2.45, 2.75) is 41.5 Å². The van der Waals surface area contributed by atoms with Gasteiger partial charge in [0.15, 0.2) is 0 Å². The minimum atomic E-state index is 1.26. The fourth-order valence-corrected chi connectivity index (χ4v) is 2.07. The van der Waals surface area contributed by atoms with E-state index in [4.69, 9.17) is 0 Å². The lowest BCUT2D eigenvalue weighted by Gasteiger charge is -2.09. The van der Waals surface area contributed by atoms with E-state index in [0.717, 1.165) is 0 Å². The Morgan fingerprint density at radius 3 is 1.50 bits per heavy atom. The van der Waals surface area contributed by atoms with Crippen LogP contribution in [0.3, 0.4) is 0 Å². The van der Waals surface area contributed by atoms with E-state index in [0.29, 0.717) is 0 Å². The van der Waals surface area contributed by atoms with Crippen molar-refractivity contribution in [1.82, 2.24) is 0 Å². The minimum absolute atomic E-state index is 1.26. The molecule has 22 heavy (non-hydrogen) atoms. The highest BCUT2D eigenvalue weighted by Crippen LogP contribution is 2.26. The highest BCUT2D eigenvalue weighted by atomic mass is 14.1. The molecular weight excluding hydrogens is 264 g/mol. The summed E-state index contributed by atoms with van der Waals surface area (Å²) in [6, 6.07) is 21.0. The van der Waals surface area contributed by atoms with E-state index in [9.17, 15) is 0 Å². The van der Waals surface area contributed by atoms with Gasteiger partial charge in [0.2, 0.25) is 0 Å². The molecule has 0 radical (unpaired) electrons. The maximum absolute atomic E-state index is 2.18. The molecule has 0 fully saturated rings. The Balaban J connectivity index is 0.00000102. The molecular formula is C22H30. The van der Waals surface area contributed by atoms with Crippen molar-refractivity contribution in [2.75, 3.05) is 0 Å². The fraction of sp³-hybridized carbons (Fsp3) is 0.273. The predicted octanol–water partition coefficient (Wildman–Crippen LogP) is 7.25. The van der Waals surface area contributed by atoms with Crippen molar-refractivity contribution >= 4 is 11.1 Å². The van der Waals surface area contributed by atoms with Crippen LogP contribution in [0.5, 0.6) is 0 Å². The normalized spacial score (nSPS) is 10.8. The monoisotopic (exact) mass is 294 g/mol. The Labute approximate surface area is 137 Å². The zero-order valence-electron chi connectivity index (χ0n) is 14.9. The van der Waals surface area contributed by atoms with Gasteiger partial charge in [-0.25, -0.2) is 0 Å². The van der Waals surface area contributed by atoms with Crippen LogP contribution in [0.4, 0.5) is 0 Å². The highest BCUT2D eigenvalue weighted by molar-refractivity contribution is 5.94. The molecule has 0 heterocycles. The first kappa shape index (κ1) is 19.9. The number of benzene rings is 2. The molecule has 0 nitrogen and oxygen atoms in total. The van der Waals surface area contributed by atoms with Crippen molar-refractivity contribution < 1.29 is 0 Å². The third kappa shape index (κ3) is 6.13. The average molecular weight is 294 g/mol. The maximum Gasteiger partial charge on any atom is -0.0152 e. The van der Waals surface area contributed by atoms with Gasteiger partial charge in [-0.3, -0.25) is 0 Å². The standard InChI is InChI=1S/C18H18.2C2H6/c1-3-10-18(17-13-8-5-9-14-17)15(2)16-11-6-4-7-12-16;2*1-2/h3-14H,1-2H3;2*1-2H3/b10-3-,18-15-;;. The molecule has 0 aromatic heterocycles. The van der Waals surface area contributed by atoms with E-state index < -0.39 is 0 Å². The first-order valence-electron chi connectivity index (χ1n) is 8.27. The van der Waals surface area contributed by atoms with Gasteiger partial charge in [-0.1, -0.05) is 101 Å². The smallest absolute Gasteiger partial charge is 0.0152 e. The lowest BCUT2D eigenvalue weighted by molar-refractivity contribution is 1.50.